The molecule has 0 spiro atoms. The second-order valence-corrected chi connectivity index (χ2v) is 7.97. The van der Waals surface area contributed by atoms with Gasteiger partial charge in [-0.05, 0) is 42.0 Å². The van der Waals surface area contributed by atoms with Crippen molar-refractivity contribution in [3.63, 3.8) is 0 Å². The number of para-hydroxylation sites is 1. The molecule has 6 nitrogen and oxygen atoms in total. The first-order valence-electron chi connectivity index (χ1n) is 9.79. The Morgan fingerprint density at radius 2 is 1.77 bits per heavy atom. The van der Waals surface area contributed by atoms with E-state index in [0.29, 0.717) is 22.9 Å². The van der Waals surface area contributed by atoms with E-state index in [1.165, 1.54) is 0 Å². The molecule has 2 amide bonds. The second kappa shape index (κ2) is 9.57. The normalized spacial score (nSPS) is 15.6. The lowest BCUT2D eigenvalue weighted by atomic mass is 10.1. The molecule has 1 heterocycles. The molecule has 0 aliphatic carbocycles. The maximum atomic E-state index is 12.6. The van der Waals surface area contributed by atoms with E-state index < -0.39 is 0 Å². The molecule has 1 unspecified atom stereocenters. The molecule has 3 aromatic carbocycles. The van der Waals surface area contributed by atoms with Gasteiger partial charge in [-0.25, -0.2) is 0 Å². The summed E-state index contributed by atoms with van der Waals surface area (Å²) >= 11 is 1.57. The van der Waals surface area contributed by atoms with Crippen LogP contribution in [0.2, 0.25) is 0 Å². The van der Waals surface area contributed by atoms with Crippen LogP contribution in [-0.2, 0) is 9.59 Å². The first-order chi connectivity index (χ1) is 15.1. The van der Waals surface area contributed by atoms with Crippen molar-refractivity contribution < 1.29 is 19.1 Å². The molecule has 1 N–H and O–H groups in total. The van der Waals surface area contributed by atoms with Gasteiger partial charge in [-0.2, -0.15) is 0 Å². The number of carbonyl (C=O) groups is 2. The predicted octanol–water partition coefficient (Wildman–Crippen LogP) is 4.49. The Labute approximate surface area is 185 Å². The molecule has 0 bridgehead atoms. The van der Waals surface area contributed by atoms with Crippen LogP contribution in [0, 0.1) is 0 Å². The van der Waals surface area contributed by atoms with Crippen molar-refractivity contribution in [2.45, 2.75) is 5.37 Å². The van der Waals surface area contributed by atoms with E-state index in [1.54, 1.807) is 35.9 Å². The Morgan fingerprint density at radius 1 is 1.03 bits per heavy atom. The van der Waals surface area contributed by atoms with E-state index in [9.17, 15) is 9.59 Å². The van der Waals surface area contributed by atoms with E-state index in [-0.39, 0.29) is 23.8 Å². The van der Waals surface area contributed by atoms with Crippen LogP contribution < -0.4 is 19.7 Å². The zero-order valence-electron chi connectivity index (χ0n) is 17.0. The predicted molar refractivity (Wildman–Crippen MR) is 123 cm³/mol. The molecule has 1 aliphatic heterocycles. The van der Waals surface area contributed by atoms with E-state index in [2.05, 4.69) is 5.32 Å². The van der Waals surface area contributed by atoms with E-state index >= 15 is 0 Å². The lowest BCUT2D eigenvalue weighted by molar-refractivity contribution is -0.118. The Morgan fingerprint density at radius 3 is 2.52 bits per heavy atom. The fraction of sp³-hybridized carbons (Fsp3) is 0.167. The van der Waals surface area contributed by atoms with Crippen molar-refractivity contribution in [2.24, 2.45) is 0 Å². The second-order valence-electron chi connectivity index (χ2n) is 6.90. The number of amides is 2. The van der Waals surface area contributed by atoms with Gasteiger partial charge in [0.25, 0.3) is 5.91 Å². The van der Waals surface area contributed by atoms with E-state index in [0.717, 1.165) is 11.3 Å². The summed E-state index contributed by atoms with van der Waals surface area (Å²) in [4.78, 5) is 26.5. The largest absolute Gasteiger partial charge is 0.497 e. The summed E-state index contributed by atoms with van der Waals surface area (Å²) < 4.78 is 10.8. The zero-order valence-corrected chi connectivity index (χ0v) is 17.8. The molecule has 0 aromatic heterocycles. The number of carbonyl (C=O) groups excluding carboxylic acids is 2. The van der Waals surface area contributed by atoms with Gasteiger partial charge in [0.15, 0.2) is 6.61 Å². The van der Waals surface area contributed by atoms with Gasteiger partial charge in [-0.3, -0.25) is 14.5 Å². The number of benzene rings is 3. The van der Waals surface area contributed by atoms with E-state index in [1.807, 2.05) is 66.7 Å². The number of nitrogens with one attached hydrogen (secondary N) is 1. The molecule has 0 radical (unpaired) electrons. The van der Waals surface area contributed by atoms with Crippen LogP contribution >= 0.6 is 11.8 Å². The molecule has 4 rings (SSSR count). The molecule has 1 atom stereocenters. The standard InChI is InChI=1S/C24H22N2O4S/c1-29-21-9-5-6-19(14-21)26-23(28)16-31-24(26)17-10-12-18(13-11-17)25-22(27)15-30-20-7-3-2-4-8-20/h2-14,24H,15-16H2,1H3,(H,25,27). The van der Waals surface area contributed by atoms with Crippen LogP contribution in [-0.4, -0.2) is 31.3 Å². The lowest BCUT2D eigenvalue weighted by Gasteiger charge is -2.25. The van der Waals surface area contributed by atoms with Crippen molar-refractivity contribution in [1.82, 2.24) is 0 Å². The van der Waals surface area contributed by atoms with Gasteiger partial charge < -0.3 is 14.8 Å². The molecule has 3 aromatic rings. The average Bonchev–Trinajstić information content (AvgIpc) is 3.20. The van der Waals surface area contributed by atoms with Crippen LogP contribution in [0.15, 0.2) is 78.9 Å². The molecule has 1 fully saturated rings. The number of anilines is 2. The third-order valence-corrected chi connectivity index (χ3v) is 6.00. The molecule has 7 heteroatoms. The fourth-order valence-corrected chi connectivity index (χ4v) is 4.48. The third-order valence-electron chi connectivity index (χ3n) is 4.79. The van der Waals surface area contributed by atoms with Crippen molar-refractivity contribution in [1.29, 1.82) is 0 Å². The van der Waals surface area contributed by atoms with Gasteiger partial charge >= 0.3 is 0 Å². The lowest BCUT2D eigenvalue weighted by Crippen LogP contribution is -2.27. The summed E-state index contributed by atoms with van der Waals surface area (Å²) in [5, 5.41) is 2.70. The summed E-state index contributed by atoms with van der Waals surface area (Å²) in [6, 6.07) is 24.2. The molecule has 158 valence electrons. The molecule has 0 saturated carbocycles. The Kier molecular flexibility index (Phi) is 6.43. The first kappa shape index (κ1) is 20.8. The summed E-state index contributed by atoms with van der Waals surface area (Å²) in [7, 11) is 1.61. The van der Waals surface area contributed by atoms with Crippen LogP contribution in [0.3, 0.4) is 0 Å². The van der Waals surface area contributed by atoms with Crippen LogP contribution in [0.25, 0.3) is 0 Å². The topological polar surface area (TPSA) is 67.9 Å². The molecule has 31 heavy (non-hydrogen) atoms. The highest BCUT2D eigenvalue weighted by Crippen LogP contribution is 2.42. The fourth-order valence-electron chi connectivity index (χ4n) is 3.30. The van der Waals surface area contributed by atoms with Crippen LogP contribution in [0.4, 0.5) is 11.4 Å². The van der Waals surface area contributed by atoms with Crippen molar-refractivity contribution in [3.05, 3.63) is 84.4 Å². The Balaban J connectivity index is 1.42. The van der Waals surface area contributed by atoms with Crippen LogP contribution in [0.1, 0.15) is 10.9 Å². The number of methoxy groups -OCH3 is 1. The average molecular weight is 435 g/mol. The summed E-state index contributed by atoms with van der Waals surface area (Å²) in [6.07, 6.45) is 0. The minimum absolute atomic E-state index is 0.0543. The Hall–Kier alpha value is -3.45. The zero-order chi connectivity index (χ0) is 21.6. The van der Waals surface area contributed by atoms with Crippen molar-refractivity contribution in [3.8, 4) is 11.5 Å². The van der Waals surface area contributed by atoms with Gasteiger partial charge in [0.1, 0.15) is 16.9 Å². The third kappa shape index (κ3) is 5.00. The molecule has 1 aliphatic rings. The quantitative estimate of drug-likeness (QED) is 0.593. The SMILES string of the molecule is COc1cccc(N2C(=O)CSC2c2ccc(NC(=O)COc3ccccc3)cc2)c1. The number of nitrogens with zero attached hydrogens (tertiary/aromatic N) is 1. The highest BCUT2D eigenvalue weighted by Gasteiger charge is 2.34. The number of ether oxygens (including phenoxy) is 2. The maximum absolute atomic E-state index is 12.6. The van der Waals surface area contributed by atoms with Gasteiger partial charge in [0.05, 0.1) is 12.9 Å². The van der Waals surface area contributed by atoms with Crippen LogP contribution in [0.5, 0.6) is 11.5 Å². The van der Waals surface area contributed by atoms with Gasteiger partial charge in [0.2, 0.25) is 5.91 Å². The van der Waals surface area contributed by atoms with E-state index in [4.69, 9.17) is 9.47 Å². The molecular weight excluding hydrogens is 412 g/mol. The number of hydrogen-bond acceptors (Lipinski definition) is 5. The number of rotatable bonds is 7. The number of thioether (sulfide) groups is 1. The minimum atomic E-state index is -0.236. The molecule has 1 saturated heterocycles. The summed E-state index contributed by atoms with van der Waals surface area (Å²) in [5.41, 5.74) is 2.46. The summed E-state index contributed by atoms with van der Waals surface area (Å²) in [5.74, 6) is 1.58. The smallest absolute Gasteiger partial charge is 0.262 e. The molecular formula is C24H22N2O4S. The highest BCUT2D eigenvalue weighted by atomic mass is 32.2. The summed E-state index contributed by atoms with van der Waals surface area (Å²) in [6.45, 7) is -0.0671. The maximum Gasteiger partial charge on any atom is 0.262 e. The van der Waals surface area contributed by atoms with Gasteiger partial charge in [-0.1, -0.05) is 36.4 Å². The van der Waals surface area contributed by atoms with Gasteiger partial charge in [0, 0.05) is 17.4 Å². The van der Waals surface area contributed by atoms with Gasteiger partial charge in [-0.15, -0.1) is 11.8 Å². The number of hydrogen-bond donors (Lipinski definition) is 1. The highest BCUT2D eigenvalue weighted by molar-refractivity contribution is 8.00. The Bertz CT molecular complexity index is 1060. The minimum Gasteiger partial charge on any atom is -0.497 e. The first-order valence-corrected chi connectivity index (χ1v) is 10.8. The monoisotopic (exact) mass is 434 g/mol. The van der Waals surface area contributed by atoms with Crippen molar-refractivity contribution >= 4 is 35.0 Å². The van der Waals surface area contributed by atoms with Crippen molar-refractivity contribution in [2.75, 3.05) is 29.7 Å².